The van der Waals surface area contributed by atoms with Crippen LogP contribution in [-0.2, 0) is 0 Å². The number of halogens is 1. The van der Waals surface area contributed by atoms with Crippen LogP contribution in [0.2, 0.25) is 0 Å². The molecule has 132 valence electrons. The smallest absolute Gasteiger partial charge is 0.343 e. The molecule has 3 aromatic rings. The van der Waals surface area contributed by atoms with Crippen LogP contribution in [0, 0.1) is 5.82 Å². The molecule has 27 heavy (non-hydrogen) atoms. The Morgan fingerprint density at radius 2 is 1.78 bits per heavy atom. The van der Waals surface area contributed by atoms with Gasteiger partial charge in [0.1, 0.15) is 17.3 Å². The number of nitrogens with zero attached hydrogens (tertiary/aromatic N) is 1. The maximum absolute atomic E-state index is 13.0. The van der Waals surface area contributed by atoms with Gasteiger partial charge in [0.25, 0.3) is 0 Å². The topological polar surface area (TPSA) is 65.5 Å². The van der Waals surface area contributed by atoms with Gasteiger partial charge in [0.05, 0.1) is 11.1 Å². The molecular weight excluding hydrogens is 349 g/mol. The van der Waals surface area contributed by atoms with Gasteiger partial charge in [-0.25, -0.2) is 9.18 Å². The first-order chi connectivity index (χ1) is 13.1. The van der Waals surface area contributed by atoms with Crippen molar-refractivity contribution in [3.05, 3.63) is 95.3 Å². The first kappa shape index (κ1) is 16.7. The number of carbonyl (C=O) groups excluding carboxylic acids is 2. The Bertz CT molecular complexity index is 1060. The van der Waals surface area contributed by atoms with Crippen LogP contribution in [0.5, 0.6) is 11.5 Å². The largest absolute Gasteiger partial charge is 0.452 e. The molecule has 0 aliphatic carbocycles. The molecule has 4 rings (SSSR count). The van der Waals surface area contributed by atoms with Crippen molar-refractivity contribution in [1.29, 1.82) is 0 Å². The molecule has 1 aliphatic heterocycles. The fourth-order valence-corrected chi connectivity index (χ4v) is 2.60. The van der Waals surface area contributed by atoms with E-state index in [1.165, 1.54) is 42.7 Å². The summed E-state index contributed by atoms with van der Waals surface area (Å²) < 4.78 is 23.9. The number of pyridine rings is 1. The molecule has 0 atom stereocenters. The van der Waals surface area contributed by atoms with Crippen LogP contribution >= 0.6 is 0 Å². The molecule has 0 bridgehead atoms. The van der Waals surface area contributed by atoms with Crippen molar-refractivity contribution in [3.63, 3.8) is 0 Å². The summed E-state index contributed by atoms with van der Waals surface area (Å²) in [7, 11) is 0. The van der Waals surface area contributed by atoms with E-state index in [1.54, 1.807) is 30.3 Å². The van der Waals surface area contributed by atoms with Gasteiger partial charge < -0.3 is 9.47 Å². The lowest BCUT2D eigenvalue weighted by Gasteiger charge is -2.05. The van der Waals surface area contributed by atoms with E-state index in [2.05, 4.69) is 4.98 Å². The van der Waals surface area contributed by atoms with Crippen molar-refractivity contribution in [2.75, 3.05) is 0 Å². The minimum Gasteiger partial charge on any atom is -0.452 e. The second kappa shape index (κ2) is 6.84. The van der Waals surface area contributed by atoms with E-state index in [0.29, 0.717) is 22.4 Å². The van der Waals surface area contributed by atoms with E-state index >= 15 is 0 Å². The summed E-state index contributed by atoms with van der Waals surface area (Å²) in [5.41, 5.74) is 1.36. The summed E-state index contributed by atoms with van der Waals surface area (Å²) in [4.78, 5) is 28.4. The molecule has 1 aliphatic rings. The molecule has 5 nitrogen and oxygen atoms in total. The van der Waals surface area contributed by atoms with Crippen molar-refractivity contribution in [2.24, 2.45) is 0 Å². The number of aromatic nitrogens is 1. The molecule has 0 amide bonds. The first-order valence-corrected chi connectivity index (χ1v) is 8.06. The Labute approximate surface area is 153 Å². The molecular formula is C21H12FNO4. The number of Topliss-reactive ketones (excluding diaryl/α,β-unsaturated/α-hetero) is 1. The number of rotatable bonds is 3. The van der Waals surface area contributed by atoms with E-state index < -0.39 is 5.97 Å². The van der Waals surface area contributed by atoms with Crippen molar-refractivity contribution < 1.29 is 23.5 Å². The third-order valence-corrected chi connectivity index (χ3v) is 3.94. The van der Waals surface area contributed by atoms with Gasteiger partial charge in [0.15, 0.2) is 5.76 Å². The number of hydrogen-bond donors (Lipinski definition) is 0. The predicted molar refractivity (Wildman–Crippen MR) is 95.0 cm³/mol. The van der Waals surface area contributed by atoms with Gasteiger partial charge in [-0.3, -0.25) is 9.78 Å². The molecule has 0 unspecified atom stereocenters. The minimum atomic E-state index is -0.538. The quantitative estimate of drug-likeness (QED) is 0.400. The van der Waals surface area contributed by atoms with E-state index in [9.17, 15) is 14.0 Å². The zero-order valence-electron chi connectivity index (χ0n) is 13.9. The molecule has 0 saturated heterocycles. The first-order valence-electron chi connectivity index (χ1n) is 8.06. The molecule has 2 heterocycles. The van der Waals surface area contributed by atoms with Crippen LogP contribution in [-0.4, -0.2) is 16.7 Å². The van der Waals surface area contributed by atoms with Gasteiger partial charge in [-0.15, -0.1) is 0 Å². The highest BCUT2D eigenvalue weighted by atomic mass is 19.1. The Kier molecular flexibility index (Phi) is 4.22. The highest BCUT2D eigenvalue weighted by Crippen LogP contribution is 2.35. The zero-order chi connectivity index (χ0) is 18.8. The lowest BCUT2D eigenvalue weighted by molar-refractivity contribution is 0.0734. The average molecular weight is 361 g/mol. The molecule has 0 radical (unpaired) electrons. The van der Waals surface area contributed by atoms with Gasteiger partial charge >= 0.3 is 5.97 Å². The van der Waals surface area contributed by atoms with E-state index in [0.717, 1.165) is 0 Å². The predicted octanol–water partition coefficient (Wildman–Crippen LogP) is 4.06. The summed E-state index contributed by atoms with van der Waals surface area (Å²) in [5, 5.41) is 0. The molecule has 2 aromatic carbocycles. The fraction of sp³-hybridized carbons (Fsp3) is 0. The fourth-order valence-electron chi connectivity index (χ4n) is 2.60. The molecule has 0 spiro atoms. The SMILES string of the molecule is O=C(Oc1ccc2c(c1)O/C(=C\c1ccc(F)cc1)C2=O)c1ccncc1. The number of benzene rings is 2. The molecule has 1 aromatic heterocycles. The van der Waals surface area contributed by atoms with Crippen LogP contribution in [0.4, 0.5) is 4.39 Å². The monoisotopic (exact) mass is 361 g/mol. The van der Waals surface area contributed by atoms with Gasteiger partial charge in [-0.2, -0.15) is 0 Å². The van der Waals surface area contributed by atoms with Gasteiger partial charge in [-0.1, -0.05) is 12.1 Å². The Morgan fingerprint density at radius 1 is 1.04 bits per heavy atom. The van der Waals surface area contributed by atoms with Crippen molar-refractivity contribution >= 4 is 17.8 Å². The molecule has 0 N–H and O–H groups in total. The summed E-state index contributed by atoms with van der Waals surface area (Å²) >= 11 is 0. The second-order valence-corrected chi connectivity index (χ2v) is 5.77. The summed E-state index contributed by atoms with van der Waals surface area (Å²) in [6.45, 7) is 0. The zero-order valence-corrected chi connectivity index (χ0v) is 13.9. The number of ketones is 1. The van der Waals surface area contributed by atoms with Crippen LogP contribution in [0.25, 0.3) is 6.08 Å². The van der Waals surface area contributed by atoms with E-state index in [-0.39, 0.29) is 23.1 Å². The Morgan fingerprint density at radius 3 is 2.52 bits per heavy atom. The van der Waals surface area contributed by atoms with Crippen LogP contribution in [0.15, 0.2) is 72.8 Å². The number of fused-ring (bicyclic) bond motifs is 1. The number of hydrogen-bond acceptors (Lipinski definition) is 5. The van der Waals surface area contributed by atoms with Gasteiger partial charge in [0, 0.05) is 18.5 Å². The normalized spacial score (nSPS) is 14.0. The average Bonchev–Trinajstić information content (AvgIpc) is 2.99. The lowest BCUT2D eigenvalue weighted by Crippen LogP contribution is -2.08. The van der Waals surface area contributed by atoms with E-state index in [4.69, 9.17) is 9.47 Å². The summed E-state index contributed by atoms with van der Waals surface area (Å²) in [6, 6.07) is 13.3. The molecule has 6 heteroatoms. The van der Waals surface area contributed by atoms with Crippen LogP contribution < -0.4 is 9.47 Å². The van der Waals surface area contributed by atoms with Crippen LogP contribution in [0.1, 0.15) is 26.3 Å². The Hall–Kier alpha value is -3.80. The summed E-state index contributed by atoms with van der Waals surface area (Å²) in [5.74, 6) is -0.515. The number of esters is 1. The van der Waals surface area contributed by atoms with Crippen LogP contribution in [0.3, 0.4) is 0 Å². The minimum absolute atomic E-state index is 0.120. The summed E-state index contributed by atoms with van der Waals surface area (Å²) in [6.07, 6.45) is 4.52. The highest BCUT2D eigenvalue weighted by Gasteiger charge is 2.28. The van der Waals surface area contributed by atoms with Gasteiger partial charge in [-0.05, 0) is 48.0 Å². The standard InChI is InChI=1S/C21H12FNO4/c22-15-3-1-13(2-4-15)11-19-20(24)17-6-5-16(12-18(17)27-19)26-21(25)14-7-9-23-10-8-14/h1-12H/b19-11-. The number of ether oxygens (including phenoxy) is 2. The van der Waals surface area contributed by atoms with Crippen molar-refractivity contribution in [1.82, 2.24) is 4.98 Å². The lowest BCUT2D eigenvalue weighted by atomic mass is 10.1. The van der Waals surface area contributed by atoms with Crippen molar-refractivity contribution in [3.8, 4) is 11.5 Å². The number of carbonyl (C=O) groups is 2. The highest BCUT2D eigenvalue weighted by molar-refractivity contribution is 6.14. The maximum atomic E-state index is 13.0. The Balaban J connectivity index is 1.55. The van der Waals surface area contributed by atoms with Crippen molar-refractivity contribution in [2.45, 2.75) is 0 Å². The third-order valence-electron chi connectivity index (χ3n) is 3.94. The molecule has 0 saturated carbocycles. The third kappa shape index (κ3) is 3.46. The molecule has 0 fully saturated rings. The van der Waals surface area contributed by atoms with Gasteiger partial charge in [0.2, 0.25) is 5.78 Å². The number of allylic oxidation sites excluding steroid dienone is 1. The second-order valence-electron chi connectivity index (χ2n) is 5.77. The maximum Gasteiger partial charge on any atom is 0.343 e. The van der Waals surface area contributed by atoms with E-state index in [1.807, 2.05) is 0 Å².